The lowest BCUT2D eigenvalue weighted by Crippen LogP contribution is -1.93. The number of fused-ring (bicyclic) bond motifs is 8. The van der Waals surface area contributed by atoms with Crippen LogP contribution < -0.4 is 0 Å². The summed E-state index contributed by atoms with van der Waals surface area (Å²) in [4.78, 5) is 0. The molecule has 0 aromatic heterocycles. The van der Waals surface area contributed by atoms with Crippen molar-refractivity contribution in [1.82, 2.24) is 0 Å². The van der Waals surface area contributed by atoms with Gasteiger partial charge in [-0.1, -0.05) is 182 Å². The Kier molecular flexibility index (Phi) is 6.35. The van der Waals surface area contributed by atoms with Crippen LogP contribution in [0.25, 0.3) is 110 Å². The molecule has 0 radical (unpaired) electrons. The van der Waals surface area contributed by atoms with Crippen molar-refractivity contribution in [3.05, 3.63) is 194 Å². The van der Waals surface area contributed by atoms with E-state index in [0.717, 1.165) is 0 Å². The molecule has 0 heterocycles. The molecule has 0 amide bonds. The Balaban J connectivity index is 1.25. The number of hydrogen-bond acceptors (Lipinski definition) is 0. The summed E-state index contributed by atoms with van der Waals surface area (Å²) in [5, 5.41) is 10.2. The summed E-state index contributed by atoms with van der Waals surface area (Å²) >= 11 is 0. The molecular formula is C52H32. The third kappa shape index (κ3) is 4.22. The highest BCUT2D eigenvalue weighted by molar-refractivity contribution is 6.26. The van der Waals surface area contributed by atoms with E-state index in [1.165, 1.54) is 110 Å². The molecule has 0 atom stereocenters. The van der Waals surface area contributed by atoms with E-state index in [4.69, 9.17) is 0 Å². The predicted molar refractivity (Wildman–Crippen MR) is 223 cm³/mol. The van der Waals surface area contributed by atoms with E-state index in [0.29, 0.717) is 0 Å². The molecule has 0 bridgehead atoms. The van der Waals surface area contributed by atoms with Crippen molar-refractivity contribution in [2.75, 3.05) is 0 Å². The summed E-state index contributed by atoms with van der Waals surface area (Å²) in [5.74, 6) is 0. The Hall–Kier alpha value is -6.76. The lowest BCUT2D eigenvalue weighted by molar-refractivity contribution is 1.62. The summed E-state index contributed by atoms with van der Waals surface area (Å²) in [6, 6.07) is 71.9. The first kappa shape index (κ1) is 29.0. The molecular weight excluding hydrogens is 625 g/mol. The van der Waals surface area contributed by atoms with E-state index in [2.05, 4.69) is 194 Å². The molecule has 0 saturated heterocycles. The maximum Gasteiger partial charge on any atom is -0.00201 e. The molecule has 0 unspecified atom stereocenters. The minimum absolute atomic E-state index is 1.23. The van der Waals surface area contributed by atoms with Gasteiger partial charge < -0.3 is 0 Å². The van der Waals surface area contributed by atoms with Crippen molar-refractivity contribution in [3.8, 4) is 66.8 Å². The molecule has 10 aromatic carbocycles. The number of rotatable bonds is 3. The minimum Gasteiger partial charge on any atom is -0.0622 e. The molecule has 1 aliphatic rings. The lowest BCUT2D eigenvalue weighted by atomic mass is 9.82. The SMILES string of the molecule is c1ccc(-c2cc(-c3c4ccccc4c(-c4ccc5c6c(cccc46)-c4ccccc4-c4ccccc4-5)c4ccccc34)cc3ccccc23)cc1. The molecule has 1 aliphatic carbocycles. The molecule has 0 aliphatic heterocycles. The summed E-state index contributed by atoms with van der Waals surface area (Å²) < 4.78 is 0. The second-order valence-electron chi connectivity index (χ2n) is 13.9. The topological polar surface area (TPSA) is 0 Å². The van der Waals surface area contributed by atoms with E-state index >= 15 is 0 Å². The molecule has 0 saturated carbocycles. The van der Waals surface area contributed by atoms with Crippen molar-refractivity contribution < 1.29 is 0 Å². The van der Waals surface area contributed by atoms with E-state index in [1.807, 2.05) is 0 Å². The van der Waals surface area contributed by atoms with Gasteiger partial charge in [-0.05, 0) is 122 Å². The Morgan fingerprint density at radius 2 is 0.654 bits per heavy atom. The fourth-order valence-electron chi connectivity index (χ4n) is 9.02. The van der Waals surface area contributed by atoms with Gasteiger partial charge in [-0.3, -0.25) is 0 Å². The van der Waals surface area contributed by atoms with Gasteiger partial charge in [-0.15, -0.1) is 0 Å². The third-order valence-corrected chi connectivity index (χ3v) is 11.2. The van der Waals surface area contributed by atoms with E-state index < -0.39 is 0 Å². The highest BCUT2D eigenvalue weighted by Gasteiger charge is 2.24. The van der Waals surface area contributed by atoms with Crippen LogP contribution in [-0.2, 0) is 0 Å². The van der Waals surface area contributed by atoms with Gasteiger partial charge in [0.15, 0.2) is 0 Å². The summed E-state index contributed by atoms with van der Waals surface area (Å²) in [6.07, 6.45) is 0. The molecule has 0 N–H and O–H groups in total. The smallest absolute Gasteiger partial charge is 0.00201 e. The van der Waals surface area contributed by atoms with Gasteiger partial charge in [0.05, 0.1) is 0 Å². The van der Waals surface area contributed by atoms with Crippen LogP contribution in [0.15, 0.2) is 194 Å². The van der Waals surface area contributed by atoms with Gasteiger partial charge >= 0.3 is 0 Å². The van der Waals surface area contributed by atoms with Crippen molar-refractivity contribution in [2.24, 2.45) is 0 Å². The van der Waals surface area contributed by atoms with Crippen LogP contribution in [0.4, 0.5) is 0 Å². The second kappa shape index (κ2) is 11.4. The average Bonchev–Trinajstić information content (AvgIpc) is 3.34. The maximum atomic E-state index is 2.41. The zero-order valence-electron chi connectivity index (χ0n) is 28.5. The molecule has 10 aromatic rings. The zero-order chi connectivity index (χ0) is 34.2. The van der Waals surface area contributed by atoms with Crippen molar-refractivity contribution >= 4 is 43.1 Å². The van der Waals surface area contributed by atoms with Gasteiger partial charge in [-0.25, -0.2) is 0 Å². The lowest BCUT2D eigenvalue weighted by Gasteiger charge is -2.21. The Bertz CT molecular complexity index is 2950. The Morgan fingerprint density at radius 1 is 0.212 bits per heavy atom. The number of benzene rings is 10. The van der Waals surface area contributed by atoms with E-state index in [9.17, 15) is 0 Å². The molecule has 0 heteroatoms. The van der Waals surface area contributed by atoms with Crippen LogP contribution in [0.3, 0.4) is 0 Å². The maximum absolute atomic E-state index is 2.41. The molecule has 11 rings (SSSR count). The van der Waals surface area contributed by atoms with Gasteiger partial charge in [0, 0.05) is 0 Å². The molecule has 240 valence electrons. The van der Waals surface area contributed by atoms with Gasteiger partial charge in [0.2, 0.25) is 0 Å². The van der Waals surface area contributed by atoms with Crippen LogP contribution in [-0.4, -0.2) is 0 Å². The van der Waals surface area contributed by atoms with Gasteiger partial charge in [-0.2, -0.15) is 0 Å². The largest absolute Gasteiger partial charge is 0.0622 e. The fraction of sp³-hybridized carbons (Fsp3) is 0. The van der Waals surface area contributed by atoms with Crippen LogP contribution in [0.5, 0.6) is 0 Å². The summed E-state index contributed by atoms with van der Waals surface area (Å²) in [7, 11) is 0. The van der Waals surface area contributed by atoms with Crippen molar-refractivity contribution in [2.45, 2.75) is 0 Å². The average molecular weight is 657 g/mol. The normalized spacial score (nSPS) is 11.8. The van der Waals surface area contributed by atoms with Crippen LogP contribution >= 0.6 is 0 Å². The quantitative estimate of drug-likeness (QED) is 0.166. The first-order valence-corrected chi connectivity index (χ1v) is 18.1. The monoisotopic (exact) mass is 656 g/mol. The Labute approximate surface area is 302 Å². The molecule has 0 spiro atoms. The van der Waals surface area contributed by atoms with Crippen molar-refractivity contribution in [3.63, 3.8) is 0 Å². The van der Waals surface area contributed by atoms with Gasteiger partial charge in [0.25, 0.3) is 0 Å². The van der Waals surface area contributed by atoms with E-state index in [-0.39, 0.29) is 0 Å². The standard InChI is InChI=1S/C52H32/c1-2-15-33(16-3-1)49-32-35(31-34-17-4-5-18-36(34)49)50-42-23-10-12-25-44(42)52(45-26-13-11-24-43(45)50)48-30-29-47-40-22-9-7-20-38(40)37-19-6-8-21-39(37)41-27-14-28-46(48)51(41)47/h1-32H. The predicted octanol–water partition coefficient (Wildman–Crippen LogP) is 14.6. The highest BCUT2D eigenvalue weighted by Crippen LogP contribution is 2.52. The minimum atomic E-state index is 1.23. The fourth-order valence-corrected chi connectivity index (χ4v) is 9.02. The van der Waals surface area contributed by atoms with Crippen molar-refractivity contribution in [1.29, 1.82) is 0 Å². The first-order chi connectivity index (χ1) is 25.8. The first-order valence-electron chi connectivity index (χ1n) is 18.1. The zero-order valence-corrected chi connectivity index (χ0v) is 28.5. The van der Waals surface area contributed by atoms with E-state index in [1.54, 1.807) is 0 Å². The van der Waals surface area contributed by atoms with Crippen LogP contribution in [0.2, 0.25) is 0 Å². The number of hydrogen-bond donors (Lipinski definition) is 0. The van der Waals surface area contributed by atoms with Crippen LogP contribution in [0.1, 0.15) is 0 Å². The Morgan fingerprint density at radius 3 is 1.29 bits per heavy atom. The summed E-state index contributed by atoms with van der Waals surface area (Å²) in [6.45, 7) is 0. The second-order valence-corrected chi connectivity index (χ2v) is 13.9. The van der Waals surface area contributed by atoms with Crippen LogP contribution in [0, 0.1) is 0 Å². The molecule has 0 nitrogen and oxygen atoms in total. The highest BCUT2D eigenvalue weighted by atomic mass is 14.3. The summed E-state index contributed by atoms with van der Waals surface area (Å²) in [5.41, 5.74) is 15.3. The molecule has 0 fully saturated rings. The van der Waals surface area contributed by atoms with Gasteiger partial charge in [0.1, 0.15) is 0 Å². The molecule has 52 heavy (non-hydrogen) atoms. The third-order valence-electron chi connectivity index (χ3n) is 11.2.